The molecule has 0 fully saturated rings. The topological polar surface area (TPSA) is 96.7 Å². The van der Waals surface area contributed by atoms with Crippen molar-refractivity contribution in [2.75, 3.05) is 25.5 Å². The third-order valence-electron chi connectivity index (χ3n) is 4.21. The van der Waals surface area contributed by atoms with E-state index in [2.05, 4.69) is 10.3 Å². The van der Waals surface area contributed by atoms with Gasteiger partial charge in [-0.2, -0.15) is 0 Å². The lowest BCUT2D eigenvalue weighted by Crippen LogP contribution is -2.32. The highest BCUT2D eigenvalue weighted by Crippen LogP contribution is 2.27. The van der Waals surface area contributed by atoms with Gasteiger partial charge in [-0.25, -0.2) is 4.98 Å². The number of benzene rings is 1. The number of nitrogens with one attached hydrogen (secondary N) is 1. The third kappa shape index (κ3) is 4.28. The van der Waals surface area contributed by atoms with E-state index in [0.717, 1.165) is 5.56 Å². The Balaban J connectivity index is 2.42. The number of ether oxygens (including phenoxy) is 1. The predicted molar refractivity (Wildman–Crippen MR) is 104 cm³/mol. The SMILES string of the molecule is CCN(CC)C(=O)c1c(NC=O)nc(/C=C/c2ccc(O)c(OC)c2)n1C. The lowest BCUT2D eigenvalue weighted by atomic mass is 10.2. The van der Waals surface area contributed by atoms with Gasteiger partial charge in [-0.3, -0.25) is 9.59 Å². The molecule has 0 atom stereocenters. The zero-order valence-electron chi connectivity index (χ0n) is 15.9. The number of aromatic nitrogens is 2. The van der Waals surface area contributed by atoms with Crippen LogP contribution in [0.25, 0.3) is 12.2 Å². The molecule has 0 bridgehead atoms. The first kappa shape index (κ1) is 20.0. The van der Waals surface area contributed by atoms with Gasteiger partial charge in [0.15, 0.2) is 23.0 Å². The molecule has 0 aliphatic rings. The molecule has 27 heavy (non-hydrogen) atoms. The molecule has 0 aliphatic heterocycles. The quantitative estimate of drug-likeness (QED) is 0.694. The Bertz CT molecular complexity index is 854. The number of aromatic hydroxyl groups is 1. The number of phenols is 1. The Kier molecular flexibility index (Phi) is 6.59. The Morgan fingerprint density at radius 3 is 2.63 bits per heavy atom. The first-order chi connectivity index (χ1) is 13.0. The Morgan fingerprint density at radius 1 is 1.33 bits per heavy atom. The second-order valence-electron chi connectivity index (χ2n) is 5.73. The second kappa shape index (κ2) is 8.88. The minimum absolute atomic E-state index is 0.0521. The van der Waals surface area contributed by atoms with Crippen molar-refractivity contribution in [3.05, 3.63) is 35.3 Å². The number of hydrogen-bond acceptors (Lipinski definition) is 5. The molecule has 8 nitrogen and oxygen atoms in total. The summed E-state index contributed by atoms with van der Waals surface area (Å²) in [5.41, 5.74) is 1.10. The van der Waals surface area contributed by atoms with E-state index in [9.17, 15) is 14.7 Å². The van der Waals surface area contributed by atoms with Crippen LogP contribution < -0.4 is 10.1 Å². The minimum atomic E-state index is -0.203. The van der Waals surface area contributed by atoms with Crippen LogP contribution in [0.1, 0.15) is 35.7 Å². The van der Waals surface area contributed by atoms with Crippen molar-refractivity contribution in [3.63, 3.8) is 0 Å². The summed E-state index contributed by atoms with van der Waals surface area (Å²) in [6.07, 6.45) is 4.00. The van der Waals surface area contributed by atoms with Crippen LogP contribution in [0.2, 0.25) is 0 Å². The molecule has 1 aromatic carbocycles. The molecule has 1 heterocycles. The van der Waals surface area contributed by atoms with Crippen LogP contribution in [0.4, 0.5) is 5.82 Å². The number of methoxy groups -OCH3 is 1. The number of amides is 2. The lowest BCUT2D eigenvalue weighted by Gasteiger charge is -2.19. The molecular formula is C19H24N4O4. The van der Waals surface area contributed by atoms with Crippen LogP contribution in [0.3, 0.4) is 0 Å². The maximum atomic E-state index is 12.8. The average molecular weight is 372 g/mol. The molecule has 0 spiro atoms. The number of nitrogens with zero attached hydrogens (tertiary/aromatic N) is 3. The van der Waals surface area contributed by atoms with Gasteiger partial charge in [0.05, 0.1) is 7.11 Å². The van der Waals surface area contributed by atoms with Crippen molar-refractivity contribution in [2.24, 2.45) is 7.05 Å². The zero-order valence-corrected chi connectivity index (χ0v) is 15.9. The molecule has 8 heteroatoms. The summed E-state index contributed by atoms with van der Waals surface area (Å²) in [6.45, 7) is 4.90. The van der Waals surface area contributed by atoms with Crippen LogP contribution in [0.5, 0.6) is 11.5 Å². The highest BCUT2D eigenvalue weighted by molar-refractivity contribution is 5.99. The number of imidazole rings is 1. The fourth-order valence-electron chi connectivity index (χ4n) is 2.70. The molecule has 0 aliphatic carbocycles. The monoisotopic (exact) mass is 372 g/mol. The molecule has 0 radical (unpaired) electrons. The van der Waals surface area contributed by atoms with Crippen molar-refractivity contribution in [1.82, 2.24) is 14.5 Å². The largest absolute Gasteiger partial charge is 0.504 e. The molecule has 0 saturated heterocycles. The standard InChI is InChI=1S/C19H24N4O4/c1-5-23(6-2)19(26)17-18(20-12-24)21-16(22(17)3)10-8-13-7-9-14(25)15(11-13)27-4/h7-12,25H,5-6H2,1-4H3,(H,20,24)/b10-8+. The van der Waals surface area contributed by atoms with Crippen LogP contribution in [0, 0.1) is 0 Å². The highest BCUT2D eigenvalue weighted by atomic mass is 16.5. The van der Waals surface area contributed by atoms with Gasteiger partial charge in [0.2, 0.25) is 6.41 Å². The van der Waals surface area contributed by atoms with E-state index in [1.807, 2.05) is 13.8 Å². The summed E-state index contributed by atoms with van der Waals surface area (Å²) in [5, 5.41) is 12.2. The van der Waals surface area contributed by atoms with E-state index in [4.69, 9.17) is 4.74 Å². The van der Waals surface area contributed by atoms with E-state index in [-0.39, 0.29) is 17.5 Å². The summed E-state index contributed by atoms with van der Waals surface area (Å²) in [5.74, 6) is 0.924. The normalized spacial score (nSPS) is 10.8. The Hall–Kier alpha value is -3.29. The zero-order chi connectivity index (χ0) is 20.0. The molecule has 1 aromatic heterocycles. The molecule has 0 saturated carbocycles. The maximum absolute atomic E-state index is 12.8. The fraction of sp³-hybridized carbons (Fsp3) is 0.316. The summed E-state index contributed by atoms with van der Waals surface area (Å²) >= 11 is 0. The third-order valence-corrected chi connectivity index (χ3v) is 4.21. The van der Waals surface area contributed by atoms with Crippen molar-refractivity contribution in [2.45, 2.75) is 13.8 Å². The Morgan fingerprint density at radius 2 is 2.04 bits per heavy atom. The van der Waals surface area contributed by atoms with E-state index in [1.165, 1.54) is 13.2 Å². The van der Waals surface area contributed by atoms with Gasteiger partial charge in [-0.1, -0.05) is 12.1 Å². The molecule has 2 rings (SSSR count). The number of carbonyl (C=O) groups is 2. The summed E-state index contributed by atoms with van der Waals surface area (Å²) in [7, 11) is 3.20. The first-order valence-corrected chi connectivity index (χ1v) is 8.58. The van der Waals surface area contributed by atoms with Crippen LogP contribution >= 0.6 is 0 Å². The van der Waals surface area contributed by atoms with Gasteiger partial charge < -0.3 is 24.6 Å². The number of carbonyl (C=O) groups excluding carboxylic acids is 2. The molecule has 2 amide bonds. The van der Waals surface area contributed by atoms with Crippen molar-refractivity contribution in [3.8, 4) is 11.5 Å². The highest BCUT2D eigenvalue weighted by Gasteiger charge is 2.23. The summed E-state index contributed by atoms with van der Waals surface area (Å²) in [4.78, 5) is 29.7. The van der Waals surface area contributed by atoms with Crippen molar-refractivity contribution >= 4 is 30.3 Å². The van der Waals surface area contributed by atoms with Crippen molar-refractivity contribution < 1.29 is 19.4 Å². The minimum Gasteiger partial charge on any atom is -0.504 e. The molecule has 144 valence electrons. The fourth-order valence-corrected chi connectivity index (χ4v) is 2.70. The van der Waals surface area contributed by atoms with Gasteiger partial charge in [-0.05, 0) is 37.6 Å². The summed E-state index contributed by atoms with van der Waals surface area (Å²) in [6, 6.07) is 4.94. The first-order valence-electron chi connectivity index (χ1n) is 8.58. The Labute approximate surface area is 158 Å². The molecule has 0 unspecified atom stereocenters. The maximum Gasteiger partial charge on any atom is 0.274 e. The number of hydrogen-bond donors (Lipinski definition) is 2. The molecule has 2 N–H and O–H groups in total. The molecular weight excluding hydrogens is 348 g/mol. The van der Waals surface area contributed by atoms with Crippen molar-refractivity contribution in [1.29, 1.82) is 0 Å². The molecule has 2 aromatic rings. The predicted octanol–water partition coefficient (Wildman–Crippen LogP) is 2.35. The van der Waals surface area contributed by atoms with Gasteiger partial charge in [-0.15, -0.1) is 0 Å². The lowest BCUT2D eigenvalue weighted by molar-refractivity contribution is -0.105. The second-order valence-corrected chi connectivity index (χ2v) is 5.73. The van der Waals surface area contributed by atoms with Gasteiger partial charge in [0.1, 0.15) is 5.82 Å². The average Bonchev–Trinajstić information content (AvgIpc) is 2.97. The van der Waals surface area contributed by atoms with E-state index < -0.39 is 0 Å². The smallest absolute Gasteiger partial charge is 0.274 e. The van der Waals surface area contributed by atoms with E-state index in [1.54, 1.807) is 40.8 Å². The van der Waals surface area contributed by atoms with Gasteiger partial charge >= 0.3 is 0 Å². The van der Waals surface area contributed by atoms with E-state index >= 15 is 0 Å². The van der Waals surface area contributed by atoms with Crippen LogP contribution in [-0.2, 0) is 11.8 Å². The number of rotatable bonds is 8. The summed E-state index contributed by atoms with van der Waals surface area (Å²) < 4.78 is 6.73. The van der Waals surface area contributed by atoms with Gasteiger partial charge in [0, 0.05) is 20.1 Å². The number of phenolic OH excluding ortho intramolecular Hbond substituents is 1. The number of anilines is 1. The van der Waals surface area contributed by atoms with Crippen LogP contribution in [0.15, 0.2) is 18.2 Å². The van der Waals surface area contributed by atoms with E-state index in [0.29, 0.717) is 36.8 Å². The van der Waals surface area contributed by atoms with Gasteiger partial charge in [0.25, 0.3) is 5.91 Å². The van der Waals surface area contributed by atoms with Crippen LogP contribution in [-0.4, -0.2) is 52.1 Å².